The Labute approximate surface area is 191 Å². The Morgan fingerprint density at radius 1 is 1.03 bits per heavy atom. The summed E-state index contributed by atoms with van der Waals surface area (Å²) >= 11 is 0. The molecule has 5 nitrogen and oxygen atoms in total. The van der Waals surface area contributed by atoms with Gasteiger partial charge in [0.2, 0.25) is 15.4 Å². The summed E-state index contributed by atoms with van der Waals surface area (Å²) in [5.74, 6) is -0.161. The number of sulfonamides is 1. The summed E-state index contributed by atoms with van der Waals surface area (Å²) in [7, 11) is 0.475. The van der Waals surface area contributed by atoms with Gasteiger partial charge in [0.1, 0.15) is 6.54 Å². The Morgan fingerprint density at radius 2 is 1.72 bits per heavy atom. The number of nitrogens with two attached hydrogens (primary N) is 1. The molecule has 6 heteroatoms. The van der Waals surface area contributed by atoms with Crippen LogP contribution in [0.15, 0.2) is 36.4 Å². The molecule has 1 heterocycles. The summed E-state index contributed by atoms with van der Waals surface area (Å²) in [5, 5.41) is 7.68. The van der Waals surface area contributed by atoms with Crippen LogP contribution in [0.1, 0.15) is 56.9 Å². The van der Waals surface area contributed by atoms with E-state index in [1.807, 2.05) is 0 Å². The number of benzene rings is 2. The number of fused-ring (bicyclic) bond motifs is 3. The van der Waals surface area contributed by atoms with Gasteiger partial charge in [0, 0.05) is 45.1 Å². The number of likely N-dealkylation sites (N-methyl/N-ethyl adjacent to an activating group) is 1. The van der Waals surface area contributed by atoms with Crippen molar-refractivity contribution < 1.29 is 8.42 Å². The molecule has 4 rings (SSSR count). The molecular weight excluding hydrogens is 418 g/mol. The van der Waals surface area contributed by atoms with Gasteiger partial charge in [-0.05, 0) is 64.8 Å². The van der Waals surface area contributed by atoms with Gasteiger partial charge in [0.15, 0.2) is 5.54 Å². The molecule has 1 aliphatic heterocycles. The van der Waals surface area contributed by atoms with E-state index < -0.39 is 10.0 Å². The minimum absolute atomic E-state index is 0.161. The van der Waals surface area contributed by atoms with E-state index in [9.17, 15) is 8.42 Å². The molecule has 0 aromatic heterocycles. The second kappa shape index (κ2) is 7.29. The summed E-state index contributed by atoms with van der Waals surface area (Å²) in [5.41, 5.74) is 6.18. The maximum Gasteiger partial charge on any atom is 0.213 e. The van der Waals surface area contributed by atoms with Crippen LogP contribution in [0.5, 0.6) is 0 Å². The van der Waals surface area contributed by atoms with Gasteiger partial charge >= 0.3 is 0 Å². The van der Waals surface area contributed by atoms with Crippen molar-refractivity contribution in [2.45, 2.75) is 45.6 Å². The molecule has 1 aliphatic carbocycles. The normalized spacial score (nSPS) is 18.1. The van der Waals surface area contributed by atoms with Crippen LogP contribution in [-0.2, 0) is 15.4 Å². The lowest BCUT2D eigenvalue weighted by Crippen LogP contribution is -2.51. The van der Waals surface area contributed by atoms with Crippen molar-refractivity contribution in [2.75, 3.05) is 31.3 Å². The Bertz CT molecular complexity index is 1380. The highest BCUT2D eigenvalue weighted by atomic mass is 32.2. The molecule has 0 fully saturated rings. The van der Waals surface area contributed by atoms with E-state index in [2.05, 4.69) is 101 Å². The van der Waals surface area contributed by atoms with E-state index >= 15 is 0 Å². The number of hydrogen-bond acceptors (Lipinski definition) is 3. The first-order valence-electron chi connectivity index (χ1n) is 11.1. The van der Waals surface area contributed by atoms with E-state index in [0.717, 1.165) is 28.3 Å². The van der Waals surface area contributed by atoms with Crippen molar-refractivity contribution >= 4 is 27.4 Å². The van der Waals surface area contributed by atoms with Crippen LogP contribution in [0, 0.1) is 0 Å². The third-order valence-corrected chi connectivity index (χ3v) is 7.62. The number of hydrogen-bond donors (Lipinski definition) is 1. The average Bonchev–Trinajstić information content (AvgIpc) is 2.65. The number of nitrogens with zero attached hydrogens (tertiary/aromatic N) is 2. The zero-order valence-electron chi connectivity index (χ0n) is 20.2. The van der Waals surface area contributed by atoms with Gasteiger partial charge in [0.05, 0.1) is 11.3 Å². The lowest BCUT2D eigenvalue weighted by atomic mass is 9.71. The number of anilines is 1. The summed E-state index contributed by atoms with van der Waals surface area (Å²) in [4.78, 5) is 2.13. The van der Waals surface area contributed by atoms with Crippen LogP contribution in [0.3, 0.4) is 0 Å². The van der Waals surface area contributed by atoms with Crippen molar-refractivity contribution in [3.8, 4) is 0 Å². The average molecular weight is 453 g/mol. The zero-order chi connectivity index (χ0) is 23.6. The van der Waals surface area contributed by atoms with E-state index in [-0.39, 0.29) is 16.7 Å². The number of primary sulfonamides is 1. The van der Waals surface area contributed by atoms with Gasteiger partial charge in [-0.15, -0.1) is 0 Å². The minimum Gasteiger partial charge on any atom is -0.378 e. The fourth-order valence-electron chi connectivity index (χ4n) is 5.35. The van der Waals surface area contributed by atoms with Crippen molar-refractivity contribution in [3.05, 3.63) is 69.2 Å². The summed E-state index contributed by atoms with van der Waals surface area (Å²) in [6.07, 6.45) is 4.28. The molecule has 0 saturated carbocycles. The summed E-state index contributed by atoms with van der Waals surface area (Å²) < 4.78 is 26.4. The van der Waals surface area contributed by atoms with Crippen molar-refractivity contribution in [1.29, 1.82) is 0 Å². The molecule has 0 saturated heterocycles. The van der Waals surface area contributed by atoms with Gasteiger partial charge < -0.3 is 4.90 Å². The molecule has 0 spiro atoms. The molecule has 0 unspecified atom stereocenters. The smallest absolute Gasteiger partial charge is 0.213 e. The highest BCUT2D eigenvalue weighted by Crippen LogP contribution is 2.37. The van der Waals surface area contributed by atoms with Crippen LogP contribution in [0.4, 0.5) is 5.69 Å². The lowest BCUT2D eigenvalue weighted by molar-refractivity contribution is 0.401. The van der Waals surface area contributed by atoms with Gasteiger partial charge in [-0.3, -0.25) is 0 Å². The van der Waals surface area contributed by atoms with Crippen LogP contribution >= 0.6 is 0 Å². The first-order valence-corrected chi connectivity index (χ1v) is 12.8. The molecule has 0 bridgehead atoms. The van der Waals surface area contributed by atoms with Gasteiger partial charge in [0.25, 0.3) is 0 Å². The first kappa shape index (κ1) is 22.7. The van der Waals surface area contributed by atoms with Crippen LogP contribution in [-0.4, -0.2) is 40.3 Å². The predicted octanol–water partition coefficient (Wildman–Crippen LogP) is 2.20. The highest BCUT2D eigenvalue weighted by Gasteiger charge is 2.37. The first-order chi connectivity index (χ1) is 14.7. The Morgan fingerprint density at radius 3 is 2.31 bits per heavy atom. The molecule has 2 aromatic rings. The van der Waals surface area contributed by atoms with E-state index in [4.69, 9.17) is 5.14 Å². The quantitative estimate of drug-likeness (QED) is 0.724. The Balaban J connectivity index is 2.07. The maximum absolute atomic E-state index is 12.0. The molecule has 170 valence electrons. The van der Waals surface area contributed by atoms with E-state index in [1.165, 1.54) is 22.4 Å². The lowest BCUT2D eigenvalue weighted by Gasteiger charge is -2.34. The van der Waals surface area contributed by atoms with E-state index in [0.29, 0.717) is 0 Å². The molecule has 2 aromatic carbocycles. The third kappa shape index (κ3) is 3.69. The molecule has 2 aliphatic rings. The highest BCUT2D eigenvalue weighted by molar-refractivity contribution is 7.89. The molecule has 0 amide bonds. The van der Waals surface area contributed by atoms with Crippen LogP contribution in [0.25, 0.3) is 11.6 Å². The van der Waals surface area contributed by atoms with Crippen LogP contribution < -0.4 is 25.2 Å². The largest absolute Gasteiger partial charge is 0.378 e. The molecule has 2 N–H and O–H groups in total. The Hall–Kier alpha value is -2.44. The minimum atomic E-state index is -3.65. The fraction of sp³-hybridized carbons (Fsp3) is 0.423. The zero-order valence-corrected chi connectivity index (χ0v) is 21.0. The van der Waals surface area contributed by atoms with Crippen molar-refractivity contribution in [1.82, 2.24) is 4.58 Å². The fourth-order valence-corrected chi connectivity index (χ4v) is 6.03. The molecule has 0 atom stereocenters. The van der Waals surface area contributed by atoms with Crippen LogP contribution in [0.2, 0.25) is 0 Å². The summed E-state index contributed by atoms with van der Waals surface area (Å²) in [6.45, 7) is 11.8. The van der Waals surface area contributed by atoms with Crippen molar-refractivity contribution in [2.24, 2.45) is 5.14 Å². The topological polar surface area (TPSA) is 66.4 Å². The standard InChI is InChI=1S/C26H34N3O2S/c1-8-29-24-14-23-18(12-21(24)19(15-25(29,2)3)16-32(27,30)31)11-17-9-10-20(28(6)7)13-22(17)26(23,4)5/h9-15H,8,16H2,1-7H3,(H2,27,30,31)/q+1. The third-order valence-electron chi connectivity index (χ3n) is 6.91. The van der Waals surface area contributed by atoms with Crippen molar-refractivity contribution in [3.63, 3.8) is 0 Å². The monoisotopic (exact) mass is 452 g/mol. The predicted molar refractivity (Wildman–Crippen MR) is 134 cm³/mol. The molecule has 0 radical (unpaired) electrons. The SMILES string of the molecule is CC[N+]1=c2cc3c(cc2C(CS(N)(=O)=O)=CC1(C)C)=Cc1ccc(N(C)C)cc1C3(C)C. The Kier molecular flexibility index (Phi) is 5.18. The molecular formula is C26H34N3O2S+. The van der Waals surface area contributed by atoms with Gasteiger partial charge in [-0.25, -0.2) is 18.1 Å². The molecule has 32 heavy (non-hydrogen) atoms. The second-order valence-corrected chi connectivity index (χ2v) is 11.9. The van der Waals surface area contributed by atoms with E-state index in [1.54, 1.807) is 0 Å². The summed E-state index contributed by atoms with van der Waals surface area (Å²) in [6, 6.07) is 11.0. The van der Waals surface area contributed by atoms with Gasteiger partial charge in [-0.1, -0.05) is 19.9 Å². The maximum atomic E-state index is 12.0. The van der Waals surface area contributed by atoms with Gasteiger partial charge in [-0.2, -0.15) is 0 Å². The number of rotatable bonds is 4. The second-order valence-electron chi connectivity index (χ2n) is 10.3.